The molecule has 0 aromatic carbocycles. The number of aryl methyl sites for hydroxylation is 2. The maximum absolute atomic E-state index is 4.83. The maximum atomic E-state index is 4.83. The molecule has 0 saturated carbocycles. The minimum absolute atomic E-state index is 0.455. The van der Waals surface area contributed by atoms with Gasteiger partial charge in [0.25, 0.3) is 0 Å². The molecule has 0 fully saturated rings. The Hall–Kier alpha value is -0.780. The molecule has 1 N–H and O–H groups in total. The van der Waals surface area contributed by atoms with Crippen LogP contribution in [0.4, 0.5) is 0 Å². The lowest BCUT2D eigenvalue weighted by atomic mass is 9.98. The summed E-state index contributed by atoms with van der Waals surface area (Å²) < 4.78 is 0. The Bertz CT molecular complexity index is 544. The van der Waals surface area contributed by atoms with Crippen molar-refractivity contribution in [3.8, 4) is 0 Å². The van der Waals surface area contributed by atoms with Crippen LogP contribution in [0.1, 0.15) is 45.2 Å². The molecule has 0 aliphatic heterocycles. The molecular weight excluding hydrogens is 262 g/mol. The van der Waals surface area contributed by atoms with Gasteiger partial charge in [0.15, 0.2) is 0 Å². The molecule has 1 atom stereocenters. The van der Waals surface area contributed by atoms with E-state index in [4.69, 9.17) is 4.98 Å². The zero-order valence-electron chi connectivity index (χ0n) is 10.7. The van der Waals surface area contributed by atoms with Gasteiger partial charge in [-0.15, -0.1) is 22.7 Å². The lowest BCUT2D eigenvalue weighted by Crippen LogP contribution is -2.21. The van der Waals surface area contributed by atoms with Crippen LogP contribution in [0.3, 0.4) is 0 Å². The number of thiazole rings is 2. The number of hydrogen-bond acceptors (Lipinski definition) is 5. The summed E-state index contributed by atoms with van der Waals surface area (Å²) in [4.78, 5) is 10.8. The highest BCUT2D eigenvalue weighted by molar-refractivity contribution is 7.12. The number of rotatable bonds is 3. The van der Waals surface area contributed by atoms with Crippen LogP contribution >= 0.6 is 22.7 Å². The first-order chi connectivity index (χ1) is 8.76. The van der Waals surface area contributed by atoms with Gasteiger partial charge in [-0.3, -0.25) is 0 Å². The van der Waals surface area contributed by atoms with Crippen molar-refractivity contribution in [2.45, 2.75) is 38.6 Å². The highest BCUT2D eigenvalue weighted by Gasteiger charge is 2.23. The molecule has 96 valence electrons. The molecular formula is C13H17N3S2. The summed E-state index contributed by atoms with van der Waals surface area (Å²) in [5.74, 6) is 0. The van der Waals surface area contributed by atoms with E-state index in [-0.39, 0.29) is 0 Å². The van der Waals surface area contributed by atoms with Crippen LogP contribution in [-0.2, 0) is 12.8 Å². The van der Waals surface area contributed by atoms with E-state index >= 15 is 0 Å². The molecule has 0 radical (unpaired) electrons. The molecule has 18 heavy (non-hydrogen) atoms. The third kappa shape index (κ3) is 2.35. The van der Waals surface area contributed by atoms with E-state index < -0.39 is 0 Å². The minimum atomic E-state index is 0.455. The lowest BCUT2D eigenvalue weighted by molar-refractivity contribution is 0.489. The number of nitrogens with one attached hydrogen (secondary N) is 1. The van der Waals surface area contributed by atoms with Gasteiger partial charge in [0, 0.05) is 16.0 Å². The maximum Gasteiger partial charge on any atom is 0.1000 e. The predicted octanol–water partition coefficient (Wildman–Crippen LogP) is 3.10. The first-order valence-corrected chi connectivity index (χ1v) is 8.02. The van der Waals surface area contributed by atoms with E-state index in [0.29, 0.717) is 6.04 Å². The second kappa shape index (κ2) is 5.07. The van der Waals surface area contributed by atoms with Crippen molar-refractivity contribution in [2.24, 2.45) is 0 Å². The van der Waals surface area contributed by atoms with Crippen LogP contribution in [0.2, 0.25) is 0 Å². The Morgan fingerprint density at radius 3 is 3.00 bits per heavy atom. The van der Waals surface area contributed by atoms with Gasteiger partial charge >= 0.3 is 0 Å². The fourth-order valence-corrected chi connectivity index (χ4v) is 4.48. The summed E-state index contributed by atoms with van der Waals surface area (Å²) in [6, 6.07) is 0.455. The third-order valence-electron chi connectivity index (χ3n) is 3.32. The average molecular weight is 279 g/mol. The van der Waals surface area contributed by atoms with Gasteiger partial charge in [-0.25, -0.2) is 9.97 Å². The Morgan fingerprint density at radius 2 is 2.28 bits per heavy atom. The van der Waals surface area contributed by atoms with Gasteiger partial charge in [-0.2, -0.15) is 0 Å². The summed E-state index contributed by atoms with van der Waals surface area (Å²) in [7, 11) is 2.03. The fourth-order valence-electron chi connectivity index (χ4n) is 2.44. The molecule has 0 spiro atoms. The summed E-state index contributed by atoms with van der Waals surface area (Å²) in [5.41, 5.74) is 2.40. The van der Waals surface area contributed by atoms with Crippen molar-refractivity contribution in [3.05, 3.63) is 31.7 Å². The summed E-state index contributed by atoms with van der Waals surface area (Å²) in [5, 5.41) is 7.88. The van der Waals surface area contributed by atoms with Crippen molar-refractivity contribution < 1.29 is 0 Å². The third-order valence-corrected chi connectivity index (χ3v) is 5.41. The zero-order chi connectivity index (χ0) is 12.5. The summed E-state index contributed by atoms with van der Waals surface area (Å²) in [6.45, 7) is 2.05. The van der Waals surface area contributed by atoms with E-state index in [0.717, 1.165) is 12.1 Å². The number of fused-ring (bicyclic) bond motifs is 1. The standard InChI is InChI=1S/C13H17N3S2/c1-8-7-17-11(15-8)6-12-16-13-9(14-2)4-3-5-10(13)18-12/h7,9,14H,3-6H2,1-2H3. The van der Waals surface area contributed by atoms with Crippen LogP contribution in [0.15, 0.2) is 5.38 Å². The van der Waals surface area contributed by atoms with E-state index in [1.165, 1.54) is 39.8 Å². The van der Waals surface area contributed by atoms with Crippen molar-refractivity contribution >= 4 is 22.7 Å². The van der Waals surface area contributed by atoms with E-state index in [1.54, 1.807) is 11.3 Å². The molecule has 2 heterocycles. The van der Waals surface area contributed by atoms with Crippen LogP contribution in [0.5, 0.6) is 0 Å². The summed E-state index contributed by atoms with van der Waals surface area (Å²) >= 11 is 3.61. The molecule has 0 saturated heterocycles. The monoisotopic (exact) mass is 279 g/mol. The Balaban J connectivity index is 1.84. The highest BCUT2D eigenvalue weighted by atomic mass is 32.1. The lowest BCUT2D eigenvalue weighted by Gasteiger charge is -2.19. The zero-order valence-corrected chi connectivity index (χ0v) is 12.3. The molecule has 1 aliphatic carbocycles. The second-order valence-electron chi connectivity index (χ2n) is 4.71. The van der Waals surface area contributed by atoms with Crippen molar-refractivity contribution in [1.82, 2.24) is 15.3 Å². The van der Waals surface area contributed by atoms with Crippen molar-refractivity contribution in [2.75, 3.05) is 7.05 Å². The van der Waals surface area contributed by atoms with Crippen LogP contribution in [0, 0.1) is 6.92 Å². The van der Waals surface area contributed by atoms with E-state index in [9.17, 15) is 0 Å². The molecule has 5 heteroatoms. The largest absolute Gasteiger partial charge is 0.312 e. The van der Waals surface area contributed by atoms with Gasteiger partial charge in [-0.1, -0.05) is 0 Å². The molecule has 0 bridgehead atoms. The number of aromatic nitrogens is 2. The van der Waals surface area contributed by atoms with Crippen LogP contribution in [-0.4, -0.2) is 17.0 Å². The predicted molar refractivity (Wildman–Crippen MR) is 76.5 cm³/mol. The molecule has 2 aromatic rings. The molecule has 3 nitrogen and oxygen atoms in total. The van der Waals surface area contributed by atoms with Gasteiger partial charge in [-0.05, 0) is 33.2 Å². The Morgan fingerprint density at radius 1 is 1.39 bits per heavy atom. The molecule has 1 unspecified atom stereocenters. The second-order valence-corrected chi connectivity index (χ2v) is 6.82. The number of hydrogen-bond donors (Lipinski definition) is 1. The van der Waals surface area contributed by atoms with Crippen LogP contribution in [0.25, 0.3) is 0 Å². The minimum Gasteiger partial charge on any atom is -0.312 e. The highest BCUT2D eigenvalue weighted by Crippen LogP contribution is 2.33. The van der Waals surface area contributed by atoms with Gasteiger partial charge in [0.05, 0.1) is 28.2 Å². The van der Waals surface area contributed by atoms with Gasteiger partial charge < -0.3 is 5.32 Å². The summed E-state index contributed by atoms with van der Waals surface area (Å²) in [6.07, 6.45) is 4.58. The molecule has 2 aromatic heterocycles. The quantitative estimate of drug-likeness (QED) is 0.938. The van der Waals surface area contributed by atoms with Crippen LogP contribution < -0.4 is 5.32 Å². The fraction of sp³-hybridized carbons (Fsp3) is 0.538. The SMILES string of the molecule is CNC1CCCc2sc(Cc3nc(C)cs3)nc21. The Labute approximate surface area is 115 Å². The molecule has 0 amide bonds. The first kappa shape index (κ1) is 12.3. The van der Waals surface area contributed by atoms with Gasteiger partial charge in [0.1, 0.15) is 0 Å². The van der Waals surface area contributed by atoms with Gasteiger partial charge in [0.2, 0.25) is 0 Å². The van der Waals surface area contributed by atoms with Crippen molar-refractivity contribution in [1.29, 1.82) is 0 Å². The number of nitrogens with zero attached hydrogens (tertiary/aromatic N) is 2. The van der Waals surface area contributed by atoms with E-state index in [1.807, 2.05) is 25.3 Å². The normalized spacial score (nSPS) is 18.9. The van der Waals surface area contributed by atoms with Crippen molar-refractivity contribution in [3.63, 3.8) is 0 Å². The Kier molecular flexibility index (Phi) is 3.46. The average Bonchev–Trinajstić information content (AvgIpc) is 2.94. The molecule has 1 aliphatic rings. The first-order valence-electron chi connectivity index (χ1n) is 6.33. The van der Waals surface area contributed by atoms with E-state index in [2.05, 4.69) is 15.7 Å². The topological polar surface area (TPSA) is 37.8 Å². The smallest absolute Gasteiger partial charge is 0.1000 e. The molecule has 3 rings (SSSR count).